The number of aryl methyl sites for hydroxylation is 1. The van der Waals surface area contributed by atoms with Crippen LogP contribution >= 0.6 is 15.9 Å². The van der Waals surface area contributed by atoms with Gasteiger partial charge < -0.3 is 9.47 Å². The number of ether oxygens (including phenoxy) is 2. The van der Waals surface area contributed by atoms with Gasteiger partial charge in [0.1, 0.15) is 11.5 Å². The van der Waals surface area contributed by atoms with E-state index in [-0.39, 0.29) is 0 Å². The summed E-state index contributed by atoms with van der Waals surface area (Å²) in [6.45, 7) is 6.01. The molecular formula is C24H35BrO2. The number of unbranched alkanes of at least 4 members (excludes halogenated alkanes) is 7. The van der Waals surface area contributed by atoms with E-state index in [1.165, 1.54) is 61.3 Å². The van der Waals surface area contributed by atoms with Gasteiger partial charge in [0, 0.05) is 5.33 Å². The van der Waals surface area contributed by atoms with Gasteiger partial charge in [-0.1, -0.05) is 73.5 Å². The Kier molecular flexibility index (Phi) is 10.7. The number of hydrogen-bond acceptors (Lipinski definition) is 2. The van der Waals surface area contributed by atoms with Gasteiger partial charge in [0.25, 0.3) is 0 Å². The highest BCUT2D eigenvalue weighted by atomic mass is 79.9. The number of fused-ring (bicyclic) bond motifs is 1. The van der Waals surface area contributed by atoms with Crippen LogP contribution in [-0.2, 0) is 0 Å². The third-order valence-electron chi connectivity index (χ3n) is 5.01. The van der Waals surface area contributed by atoms with Crippen molar-refractivity contribution in [3.8, 4) is 11.5 Å². The summed E-state index contributed by atoms with van der Waals surface area (Å²) in [5.41, 5.74) is 1.22. The zero-order valence-corrected chi connectivity index (χ0v) is 18.7. The zero-order chi connectivity index (χ0) is 19.3. The number of halogens is 1. The van der Waals surface area contributed by atoms with Crippen molar-refractivity contribution in [2.45, 2.75) is 71.6 Å². The second-order valence-corrected chi connectivity index (χ2v) is 8.08. The molecule has 0 fully saturated rings. The Morgan fingerprint density at radius 1 is 0.778 bits per heavy atom. The van der Waals surface area contributed by atoms with Crippen molar-refractivity contribution in [1.82, 2.24) is 0 Å². The minimum atomic E-state index is 0.798. The molecular weight excluding hydrogens is 400 g/mol. The number of alkyl halides is 1. The maximum atomic E-state index is 6.03. The predicted molar refractivity (Wildman–Crippen MR) is 121 cm³/mol. The van der Waals surface area contributed by atoms with Gasteiger partial charge in [-0.2, -0.15) is 0 Å². The highest BCUT2D eigenvalue weighted by Gasteiger charge is 2.06. The molecule has 0 aliphatic heterocycles. The third-order valence-corrected chi connectivity index (χ3v) is 5.57. The Bertz CT molecular complexity index is 669. The zero-order valence-electron chi connectivity index (χ0n) is 17.1. The fraction of sp³-hybridized carbons (Fsp3) is 0.583. The summed E-state index contributed by atoms with van der Waals surface area (Å²) >= 11 is 3.48. The first-order valence-electron chi connectivity index (χ1n) is 10.6. The Morgan fingerprint density at radius 3 is 2.22 bits per heavy atom. The van der Waals surface area contributed by atoms with Crippen LogP contribution in [0.4, 0.5) is 0 Å². The van der Waals surface area contributed by atoms with E-state index in [0.29, 0.717) is 0 Å². The van der Waals surface area contributed by atoms with E-state index < -0.39 is 0 Å². The van der Waals surface area contributed by atoms with E-state index in [4.69, 9.17) is 9.47 Å². The lowest BCUT2D eigenvalue weighted by Gasteiger charge is -2.13. The highest BCUT2D eigenvalue weighted by Crippen LogP contribution is 2.30. The van der Waals surface area contributed by atoms with E-state index in [1.807, 2.05) is 0 Å². The molecule has 0 aliphatic rings. The van der Waals surface area contributed by atoms with Crippen LogP contribution in [0.3, 0.4) is 0 Å². The molecule has 2 rings (SSSR count). The van der Waals surface area contributed by atoms with Gasteiger partial charge >= 0.3 is 0 Å². The fourth-order valence-corrected chi connectivity index (χ4v) is 3.71. The lowest BCUT2D eigenvalue weighted by atomic mass is 10.0. The number of rotatable bonds is 14. The van der Waals surface area contributed by atoms with E-state index in [0.717, 1.165) is 42.9 Å². The molecule has 0 aromatic heterocycles. The first kappa shape index (κ1) is 22.1. The van der Waals surface area contributed by atoms with Crippen LogP contribution in [0.15, 0.2) is 30.3 Å². The molecule has 150 valence electrons. The third kappa shape index (κ3) is 7.73. The summed E-state index contributed by atoms with van der Waals surface area (Å²) in [5.74, 6) is 1.98. The molecule has 27 heavy (non-hydrogen) atoms. The molecule has 0 heterocycles. The molecule has 0 atom stereocenters. The summed E-state index contributed by atoms with van der Waals surface area (Å²) in [6, 6.07) is 10.7. The minimum absolute atomic E-state index is 0.798. The number of benzene rings is 2. The smallest absolute Gasteiger partial charge is 0.122 e. The van der Waals surface area contributed by atoms with Gasteiger partial charge in [-0.15, -0.1) is 0 Å². The molecule has 3 heteroatoms. The predicted octanol–water partition coefficient (Wildman–Crippen LogP) is 7.83. The van der Waals surface area contributed by atoms with Crippen LogP contribution in [0.25, 0.3) is 10.8 Å². The van der Waals surface area contributed by atoms with E-state index >= 15 is 0 Å². The van der Waals surface area contributed by atoms with Gasteiger partial charge in [-0.3, -0.25) is 0 Å². The van der Waals surface area contributed by atoms with Crippen LogP contribution in [0.2, 0.25) is 0 Å². The Hall–Kier alpha value is -1.22. The van der Waals surface area contributed by atoms with Crippen molar-refractivity contribution in [2.24, 2.45) is 0 Å². The summed E-state index contributed by atoms with van der Waals surface area (Å²) in [6.07, 6.45) is 11.2. The topological polar surface area (TPSA) is 18.5 Å². The lowest BCUT2D eigenvalue weighted by Crippen LogP contribution is -2.00. The molecule has 0 saturated carbocycles. The minimum Gasteiger partial charge on any atom is -0.494 e. The monoisotopic (exact) mass is 434 g/mol. The summed E-state index contributed by atoms with van der Waals surface area (Å²) in [5, 5.41) is 3.57. The van der Waals surface area contributed by atoms with Gasteiger partial charge in [0.05, 0.1) is 13.2 Å². The maximum Gasteiger partial charge on any atom is 0.122 e. The molecule has 0 saturated heterocycles. The lowest BCUT2D eigenvalue weighted by molar-refractivity contribution is 0.303. The van der Waals surface area contributed by atoms with Crippen LogP contribution in [0, 0.1) is 6.92 Å². The van der Waals surface area contributed by atoms with Crippen LogP contribution in [0.1, 0.15) is 70.3 Å². The van der Waals surface area contributed by atoms with Gasteiger partial charge in [-0.05, 0) is 60.7 Å². The Morgan fingerprint density at radius 2 is 1.48 bits per heavy atom. The maximum absolute atomic E-state index is 6.03. The quantitative estimate of drug-likeness (QED) is 0.222. The molecule has 0 amide bonds. The Labute approximate surface area is 173 Å². The normalized spacial score (nSPS) is 11.1. The van der Waals surface area contributed by atoms with Crippen molar-refractivity contribution < 1.29 is 9.47 Å². The SMILES string of the molecule is CCCCCCCOc1ccc2cc(OCCCCCCBr)ccc2c1C. The van der Waals surface area contributed by atoms with Crippen LogP contribution in [-0.4, -0.2) is 18.5 Å². The second-order valence-electron chi connectivity index (χ2n) is 7.29. The second kappa shape index (κ2) is 13.0. The Balaban J connectivity index is 1.84. The summed E-state index contributed by atoms with van der Waals surface area (Å²) in [7, 11) is 0. The van der Waals surface area contributed by atoms with Crippen molar-refractivity contribution >= 4 is 26.7 Å². The number of hydrogen-bond donors (Lipinski definition) is 0. The van der Waals surface area contributed by atoms with Gasteiger partial charge in [0.2, 0.25) is 0 Å². The van der Waals surface area contributed by atoms with Crippen molar-refractivity contribution in [1.29, 1.82) is 0 Å². The van der Waals surface area contributed by atoms with Crippen molar-refractivity contribution in [2.75, 3.05) is 18.5 Å². The van der Waals surface area contributed by atoms with Gasteiger partial charge in [0.15, 0.2) is 0 Å². The highest BCUT2D eigenvalue weighted by molar-refractivity contribution is 9.09. The van der Waals surface area contributed by atoms with Crippen LogP contribution < -0.4 is 9.47 Å². The average molecular weight is 435 g/mol. The summed E-state index contributed by atoms with van der Waals surface area (Å²) in [4.78, 5) is 0. The molecule has 0 unspecified atom stereocenters. The van der Waals surface area contributed by atoms with Crippen LogP contribution in [0.5, 0.6) is 11.5 Å². The van der Waals surface area contributed by atoms with E-state index in [2.05, 4.69) is 60.1 Å². The summed E-state index contributed by atoms with van der Waals surface area (Å²) < 4.78 is 12.0. The van der Waals surface area contributed by atoms with Crippen molar-refractivity contribution in [3.63, 3.8) is 0 Å². The van der Waals surface area contributed by atoms with Gasteiger partial charge in [-0.25, -0.2) is 0 Å². The molecule has 0 spiro atoms. The largest absolute Gasteiger partial charge is 0.494 e. The molecule has 2 aromatic carbocycles. The first-order chi connectivity index (χ1) is 13.3. The average Bonchev–Trinajstić information content (AvgIpc) is 2.69. The van der Waals surface area contributed by atoms with Crippen molar-refractivity contribution in [3.05, 3.63) is 35.9 Å². The molecule has 0 N–H and O–H groups in total. The molecule has 0 radical (unpaired) electrons. The molecule has 0 aliphatic carbocycles. The van der Waals surface area contributed by atoms with E-state index in [1.54, 1.807) is 0 Å². The first-order valence-corrected chi connectivity index (χ1v) is 11.7. The molecule has 2 aromatic rings. The fourth-order valence-electron chi connectivity index (χ4n) is 3.32. The standard InChI is InChI=1S/C24H35BrO2/c1-3-4-5-7-11-18-27-24-15-12-21-19-22(13-14-23(21)20(24)2)26-17-10-8-6-9-16-25/h12-15,19H,3-11,16-18H2,1-2H3. The molecule has 2 nitrogen and oxygen atoms in total. The molecule has 0 bridgehead atoms. The van der Waals surface area contributed by atoms with E-state index in [9.17, 15) is 0 Å².